The van der Waals surface area contributed by atoms with Crippen molar-refractivity contribution in [2.75, 3.05) is 17.2 Å². The fraction of sp³-hybridized carbons (Fsp3) is 0.0645. The molecule has 0 unspecified atom stereocenters. The summed E-state index contributed by atoms with van der Waals surface area (Å²) in [6, 6.07) is 29.3. The highest BCUT2D eigenvalue weighted by Gasteiger charge is 2.20. The Morgan fingerprint density at radius 2 is 1.76 bits per heavy atom. The van der Waals surface area contributed by atoms with Crippen molar-refractivity contribution in [1.82, 2.24) is 4.98 Å². The monoisotopic (exact) mass is 482 g/mol. The van der Waals surface area contributed by atoms with E-state index in [1.165, 1.54) is 0 Å². The van der Waals surface area contributed by atoms with E-state index in [1.54, 1.807) is 18.3 Å². The minimum atomic E-state index is -0.161. The molecule has 5 aromatic rings. The van der Waals surface area contributed by atoms with Crippen LogP contribution in [-0.2, 0) is 6.42 Å². The predicted molar refractivity (Wildman–Crippen MR) is 145 cm³/mol. The van der Waals surface area contributed by atoms with Crippen LogP contribution in [0.5, 0.6) is 5.75 Å². The lowest BCUT2D eigenvalue weighted by Crippen LogP contribution is -2.11. The topological polar surface area (TPSA) is 87.0 Å². The van der Waals surface area contributed by atoms with Crippen LogP contribution in [0.25, 0.3) is 21.9 Å². The second-order valence-electron chi connectivity index (χ2n) is 8.83. The second-order valence-corrected chi connectivity index (χ2v) is 8.83. The van der Waals surface area contributed by atoms with Gasteiger partial charge in [0.2, 0.25) is 0 Å². The molecule has 6 rings (SSSR count). The van der Waals surface area contributed by atoms with Crippen molar-refractivity contribution in [1.29, 1.82) is 5.26 Å². The zero-order valence-corrected chi connectivity index (χ0v) is 19.9. The molecule has 0 spiro atoms. The number of hydrogen-bond donors (Lipinski definition) is 2. The number of anilines is 3. The highest BCUT2D eigenvalue weighted by molar-refractivity contribution is 6.13. The maximum absolute atomic E-state index is 13.1. The van der Waals surface area contributed by atoms with Crippen LogP contribution >= 0.6 is 0 Å². The lowest BCUT2D eigenvalue weighted by atomic mass is 9.97. The molecule has 2 heterocycles. The number of hydrogen-bond acceptors (Lipinski definition) is 5. The van der Waals surface area contributed by atoms with Crippen LogP contribution in [0.3, 0.4) is 0 Å². The first kappa shape index (κ1) is 22.3. The molecule has 0 fully saturated rings. The van der Waals surface area contributed by atoms with E-state index < -0.39 is 0 Å². The number of ether oxygens (including phenoxy) is 1. The zero-order valence-electron chi connectivity index (χ0n) is 19.9. The van der Waals surface area contributed by atoms with Gasteiger partial charge in [-0.25, -0.2) is 0 Å². The Morgan fingerprint density at radius 1 is 0.838 bits per heavy atom. The number of carbonyl (C=O) groups is 1. The van der Waals surface area contributed by atoms with Crippen LogP contribution in [-0.4, -0.2) is 17.5 Å². The van der Waals surface area contributed by atoms with Gasteiger partial charge in [0.1, 0.15) is 11.8 Å². The lowest BCUT2D eigenvalue weighted by Gasteiger charge is -2.13. The number of fused-ring (bicyclic) bond motifs is 3. The fourth-order valence-corrected chi connectivity index (χ4v) is 4.65. The summed E-state index contributed by atoms with van der Waals surface area (Å²) in [5.74, 6) is 0.412. The molecule has 1 aliphatic rings. The van der Waals surface area contributed by atoms with Gasteiger partial charge in [0.05, 0.1) is 34.8 Å². The summed E-state index contributed by atoms with van der Waals surface area (Å²) in [5, 5.41) is 17.9. The first-order valence-electron chi connectivity index (χ1n) is 12.0. The largest absolute Gasteiger partial charge is 0.492 e. The number of pyridine rings is 1. The van der Waals surface area contributed by atoms with Gasteiger partial charge in [0.15, 0.2) is 0 Å². The van der Waals surface area contributed by atoms with Gasteiger partial charge in [-0.2, -0.15) is 5.26 Å². The average molecular weight is 483 g/mol. The van der Waals surface area contributed by atoms with Gasteiger partial charge in [-0.1, -0.05) is 42.5 Å². The normalized spacial score (nSPS) is 11.9. The van der Waals surface area contributed by atoms with Gasteiger partial charge >= 0.3 is 0 Å². The van der Waals surface area contributed by atoms with Gasteiger partial charge in [0, 0.05) is 24.2 Å². The molecule has 0 saturated carbocycles. The molecule has 178 valence electrons. The maximum Gasteiger partial charge on any atom is 0.257 e. The average Bonchev–Trinajstić information content (AvgIpc) is 3.07. The molecule has 0 bridgehead atoms. The summed E-state index contributed by atoms with van der Waals surface area (Å²) in [6.07, 6.45) is 4.28. The smallest absolute Gasteiger partial charge is 0.257 e. The van der Waals surface area contributed by atoms with E-state index in [2.05, 4.69) is 27.8 Å². The minimum absolute atomic E-state index is 0.161. The number of nitrogens with one attached hydrogen (secondary N) is 2. The number of rotatable bonds is 5. The van der Waals surface area contributed by atoms with E-state index in [4.69, 9.17) is 4.74 Å². The Kier molecular flexibility index (Phi) is 5.72. The van der Waals surface area contributed by atoms with Crippen molar-refractivity contribution in [3.05, 3.63) is 114 Å². The number of amides is 1. The standard InChI is InChI=1S/C31H22N4O2/c32-18-22-4-1-2-7-30(22)37-15-13-20-8-11-27-29(16-20)35-31(36)26-10-9-21(17-28(26)34-27)24-6-3-5-23-19-33-14-12-25(23)24/h1-12,14,16-17,19,34H,13,15H2,(H,35,36). The highest BCUT2D eigenvalue weighted by Crippen LogP contribution is 2.36. The molecule has 0 aliphatic carbocycles. The molecular weight excluding hydrogens is 460 g/mol. The summed E-state index contributed by atoms with van der Waals surface area (Å²) in [6.45, 7) is 0.420. The van der Waals surface area contributed by atoms with E-state index >= 15 is 0 Å². The Balaban J connectivity index is 1.25. The summed E-state index contributed by atoms with van der Waals surface area (Å²) < 4.78 is 5.83. The zero-order chi connectivity index (χ0) is 25.2. The molecule has 1 aliphatic heterocycles. The number of aromatic nitrogens is 1. The van der Waals surface area contributed by atoms with Crippen molar-refractivity contribution in [3.63, 3.8) is 0 Å². The SMILES string of the molecule is N#Cc1ccccc1OCCc1ccc2c(c1)NC(=O)c1ccc(-c3cccc4cnccc34)cc1N2. The molecule has 0 atom stereocenters. The molecule has 6 heteroatoms. The van der Waals surface area contributed by atoms with Crippen molar-refractivity contribution in [2.24, 2.45) is 0 Å². The Hall–Kier alpha value is -5.15. The van der Waals surface area contributed by atoms with E-state index in [1.807, 2.05) is 72.9 Å². The van der Waals surface area contributed by atoms with Crippen LogP contribution in [0.2, 0.25) is 0 Å². The molecular formula is C31H22N4O2. The number of nitrogens with zero attached hydrogens (tertiary/aromatic N) is 2. The van der Waals surface area contributed by atoms with Gasteiger partial charge in [0.25, 0.3) is 5.91 Å². The van der Waals surface area contributed by atoms with E-state index in [0.717, 1.165) is 38.8 Å². The molecule has 1 amide bonds. The van der Waals surface area contributed by atoms with Crippen LogP contribution in [0, 0.1) is 11.3 Å². The Labute approximate surface area is 214 Å². The first-order valence-corrected chi connectivity index (χ1v) is 12.0. The molecule has 0 saturated heterocycles. The third-order valence-corrected chi connectivity index (χ3v) is 6.51. The van der Waals surface area contributed by atoms with Gasteiger partial charge in [-0.05, 0) is 64.5 Å². The van der Waals surface area contributed by atoms with Crippen molar-refractivity contribution < 1.29 is 9.53 Å². The van der Waals surface area contributed by atoms with Crippen molar-refractivity contribution in [3.8, 4) is 22.9 Å². The van der Waals surface area contributed by atoms with Crippen LogP contribution in [0.4, 0.5) is 17.1 Å². The van der Waals surface area contributed by atoms with Gasteiger partial charge in [-0.15, -0.1) is 0 Å². The highest BCUT2D eigenvalue weighted by atomic mass is 16.5. The molecule has 1 aromatic heterocycles. The number of benzene rings is 4. The molecule has 0 radical (unpaired) electrons. The van der Waals surface area contributed by atoms with Crippen molar-refractivity contribution >= 4 is 33.7 Å². The van der Waals surface area contributed by atoms with E-state index in [-0.39, 0.29) is 5.91 Å². The fourth-order valence-electron chi connectivity index (χ4n) is 4.65. The Morgan fingerprint density at radius 3 is 2.68 bits per heavy atom. The number of carbonyl (C=O) groups excluding carboxylic acids is 1. The van der Waals surface area contributed by atoms with Crippen LogP contribution in [0.1, 0.15) is 21.5 Å². The predicted octanol–water partition coefficient (Wildman–Crippen LogP) is 6.70. The first-order chi connectivity index (χ1) is 18.2. The molecule has 6 nitrogen and oxygen atoms in total. The van der Waals surface area contributed by atoms with Crippen molar-refractivity contribution in [2.45, 2.75) is 6.42 Å². The Bertz CT molecular complexity index is 1700. The molecule has 2 N–H and O–H groups in total. The molecule has 37 heavy (non-hydrogen) atoms. The number of para-hydroxylation sites is 1. The maximum atomic E-state index is 13.1. The quantitative estimate of drug-likeness (QED) is 0.291. The summed E-state index contributed by atoms with van der Waals surface area (Å²) in [5.41, 5.74) is 6.52. The van der Waals surface area contributed by atoms with Crippen LogP contribution < -0.4 is 15.4 Å². The second kappa shape index (κ2) is 9.48. The minimum Gasteiger partial charge on any atom is -0.492 e. The lowest BCUT2D eigenvalue weighted by molar-refractivity contribution is 0.102. The van der Waals surface area contributed by atoms with Gasteiger partial charge in [-0.3, -0.25) is 9.78 Å². The summed E-state index contributed by atoms with van der Waals surface area (Å²) in [7, 11) is 0. The molecule has 4 aromatic carbocycles. The van der Waals surface area contributed by atoms with E-state index in [0.29, 0.717) is 35.6 Å². The van der Waals surface area contributed by atoms with Gasteiger partial charge < -0.3 is 15.4 Å². The number of nitriles is 1. The van der Waals surface area contributed by atoms with E-state index in [9.17, 15) is 10.1 Å². The van der Waals surface area contributed by atoms with Crippen LogP contribution in [0.15, 0.2) is 97.3 Å². The summed E-state index contributed by atoms with van der Waals surface area (Å²) >= 11 is 0. The summed E-state index contributed by atoms with van der Waals surface area (Å²) in [4.78, 5) is 17.3. The third-order valence-electron chi connectivity index (χ3n) is 6.51. The third kappa shape index (κ3) is 4.35.